The molecule has 106 valence electrons. The number of para-hydroxylation sites is 1. The highest BCUT2D eigenvalue weighted by Gasteiger charge is 2.12. The summed E-state index contributed by atoms with van der Waals surface area (Å²) >= 11 is 0. The summed E-state index contributed by atoms with van der Waals surface area (Å²) < 4.78 is 0. The fourth-order valence-corrected chi connectivity index (χ4v) is 2.26. The Hall–Kier alpha value is -2.69. The number of benzene rings is 1. The highest BCUT2D eigenvalue weighted by molar-refractivity contribution is 6.05. The number of nitrogens with zero attached hydrogens (tertiary/aromatic N) is 2. The Morgan fingerprint density at radius 2 is 2.05 bits per heavy atom. The van der Waals surface area contributed by atoms with Gasteiger partial charge in [-0.2, -0.15) is 0 Å². The lowest BCUT2D eigenvalue weighted by Crippen LogP contribution is -2.14. The van der Waals surface area contributed by atoms with E-state index in [9.17, 15) is 4.79 Å². The zero-order chi connectivity index (χ0) is 14.8. The van der Waals surface area contributed by atoms with Gasteiger partial charge in [0.05, 0.1) is 17.4 Å². The van der Waals surface area contributed by atoms with Crippen LogP contribution >= 0.6 is 0 Å². The lowest BCUT2D eigenvalue weighted by molar-refractivity contribution is 0.102. The van der Waals surface area contributed by atoms with Gasteiger partial charge in [-0.05, 0) is 23.6 Å². The molecule has 0 saturated heterocycles. The average Bonchev–Trinajstić information content (AvgIpc) is 2.94. The second kappa shape index (κ2) is 5.36. The number of H-pyrrole nitrogens is 1. The molecule has 2 aromatic heterocycles. The molecule has 3 aromatic rings. The van der Waals surface area contributed by atoms with E-state index in [0.717, 1.165) is 16.8 Å². The molecule has 0 spiro atoms. The molecule has 0 bridgehead atoms. The number of anilines is 1. The predicted molar refractivity (Wildman–Crippen MR) is 82.4 cm³/mol. The third-order valence-electron chi connectivity index (χ3n) is 3.37. The Kier molecular flexibility index (Phi) is 3.39. The third kappa shape index (κ3) is 2.63. The standard InChI is InChI=1S/C16H16N4O/c1-10(2)12-5-3-4-6-13(12)20-16(21)11-7-14-15(17-8-11)19-9-18-14/h3-10H,1-2H3,(H,20,21)(H,17,18,19). The maximum Gasteiger partial charge on any atom is 0.257 e. The van der Waals surface area contributed by atoms with Crippen molar-refractivity contribution in [2.45, 2.75) is 19.8 Å². The van der Waals surface area contributed by atoms with Crippen LogP contribution in [0.15, 0.2) is 42.9 Å². The van der Waals surface area contributed by atoms with Crippen molar-refractivity contribution in [1.29, 1.82) is 0 Å². The number of nitrogens with one attached hydrogen (secondary N) is 2. The van der Waals surface area contributed by atoms with Gasteiger partial charge in [-0.1, -0.05) is 32.0 Å². The second-order valence-corrected chi connectivity index (χ2v) is 5.19. The smallest absolute Gasteiger partial charge is 0.257 e. The van der Waals surface area contributed by atoms with E-state index >= 15 is 0 Å². The largest absolute Gasteiger partial charge is 0.343 e. The molecule has 0 aliphatic rings. The molecule has 1 amide bonds. The molecule has 5 nitrogen and oxygen atoms in total. The van der Waals surface area contributed by atoms with Crippen molar-refractivity contribution < 1.29 is 4.79 Å². The number of carbonyl (C=O) groups excluding carboxylic acids is 1. The zero-order valence-electron chi connectivity index (χ0n) is 11.9. The van der Waals surface area contributed by atoms with Gasteiger partial charge in [0.15, 0.2) is 5.65 Å². The number of aromatic nitrogens is 3. The van der Waals surface area contributed by atoms with Crippen molar-refractivity contribution in [3.63, 3.8) is 0 Å². The monoisotopic (exact) mass is 280 g/mol. The van der Waals surface area contributed by atoms with E-state index < -0.39 is 0 Å². The number of carbonyl (C=O) groups is 1. The molecule has 1 aromatic carbocycles. The molecule has 0 saturated carbocycles. The van der Waals surface area contributed by atoms with Gasteiger partial charge in [-0.15, -0.1) is 0 Å². The summed E-state index contributed by atoms with van der Waals surface area (Å²) in [5.41, 5.74) is 3.81. The number of hydrogen-bond donors (Lipinski definition) is 2. The van der Waals surface area contributed by atoms with Gasteiger partial charge in [-0.25, -0.2) is 9.97 Å². The number of imidazole rings is 1. The number of rotatable bonds is 3. The molecular weight excluding hydrogens is 264 g/mol. The number of aromatic amines is 1. The van der Waals surface area contributed by atoms with Gasteiger partial charge in [-0.3, -0.25) is 4.79 Å². The molecule has 0 aliphatic heterocycles. The van der Waals surface area contributed by atoms with E-state index in [2.05, 4.69) is 34.1 Å². The summed E-state index contributed by atoms with van der Waals surface area (Å²) in [7, 11) is 0. The Morgan fingerprint density at radius 3 is 2.86 bits per heavy atom. The minimum absolute atomic E-state index is 0.174. The van der Waals surface area contributed by atoms with Crippen LogP contribution in [-0.4, -0.2) is 20.9 Å². The van der Waals surface area contributed by atoms with E-state index in [-0.39, 0.29) is 5.91 Å². The van der Waals surface area contributed by atoms with Gasteiger partial charge in [0.1, 0.15) is 0 Å². The average molecular weight is 280 g/mol. The van der Waals surface area contributed by atoms with Crippen LogP contribution in [0.3, 0.4) is 0 Å². The molecule has 21 heavy (non-hydrogen) atoms. The Balaban J connectivity index is 1.89. The molecular formula is C16H16N4O. The molecule has 0 fully saturated rings. The van der Waals surface area contributed by atoms with Crippen LogP contribution in [0.4, 0.5) is 5.69 Å². The first-order valence-electron chi connectivity index (χ1n) is 6.84. The third-order valence-corrected chi connectivity index (χ3v) is 3.37. The van der Waals surface area contributed by atoms with Gasteiger partial charge in [0.25, 0.3) is 5.91 Å². The molecule has 5 heteroatoms. The minimum Gasteiger partial charge on any atom is -0.343 e. The summed E-state index contributed by atoms with van der Waals surface area (Å²) in [4.78, 5) is 23.5. The normalized spacial score (nSPS) is 11.0. The first-order valence-corrected chi connectivity index (χ1v) is 6.84. The number of fused-ring (bicyclic) bond motifs is 1. The molecule has 0 atom stereocenters. The van der Waals surface area contributed by atoms with Crippen LogP contribution in [0.25, 0.3) is 11.2 Å². The summed E-state index contributed by atoms with van der Waals surface area (Å²) in [6.45, 7) is 4.20. The molecule has 3 rings (SSSR count). The van der Waals surface area contributed by atoms with Crippen molar-refractivity contribution in [1.82, 2.24) is 15.0 Å². The first kappa shape index (κ1) is 13.3. The van der Waals surface area contributed by atoms with Crippen LogP contribution in [0.5, 0.6) is 0 Å². The van der Waals surface area contributed by atoms with Gasteiger partial charge in [0, 0.05) is 11.9 Å². The van der Waals surface area contributed by atoms with Crippen molar-refractivity contribution in [2.24, 2.45) is 0 Å². The summed E-state index contributed by atoms with van der Waals surface area (Å²) in [6, 6.07) is 9.58. The topological polar surface area (TPSA) is 70.7 Å². The lowest BCUT2D eigenvalue weighted by atomic mass is 10.0. The Labute approximate surface area is 122 Å². The highest BCUT2D eigenvalue weighted by Crippen LogP contribution is 2.24. The number of pyridine rings is 1. The van der Waals surface area contributed by atoms with Crippen molar-refractivity contribution in [3.05, 3.63) is 54.0 Å². The van der Waals surface area contributed by atoms with E-state index in [1.54, 1.807) is 12.4 Å². The molecule has 0 radical (unpaired) electrons. The number of amides is 1. The summed E-state index contributed by atoms with van der Waals surface area (Å²) in [6.07, 6.45) is 3.10. The lowest BCUT2D eigenvalue weighted by Gasteiger charge is -2.13. The number of hydrogen-bond acceptors (Lipinski definition) is 3. The van der Waals surface area contributed by atoms with Crippen molar-refractivity contribution in [2.75, 3.05) is 5.32 Å². The van der Waals surface area contributed by atoms with Crippen LogP contribution in [-0.2, 0) is 0 Å². The molecule has 0 aliphatic carbocycles. The second-order valence-electron chi connectivity index (χ2n) is 5.19. The maximum atomic E-state index is 12.4. The quantitative estimate of drug-likeness (QED) is 0.773. The van der Waals surface area contributed by atoms with Gasteiger partial charge < -0.3 is 10.3 Å². The van der Waals surface area contributed by atoms with E-state index in [1.165, 1.54) is 6.20 Å². The van der Waals surface area contributed by atoms with Crippen LogP contribution < -0.4 is 5.32 Å². The molecule has 2 N–H and O–H groups in total. The SMILES string of the molecule is CC(C)c1ccccc1NC(=O)c1cnc2nc[nH]c2c1. The summed E-state index contributed by atoms with van der Waals surface area (Å²) in [5, 5.41) is 2.95. The Bertz CT molecular complexity index is 792. The fourth-order valence-electron chi connectivity index (χ4n) is 2.26. The molecule has 2 heterocycles. The Morgan fingerprint density at radius 1 is 1.24 bits per heavy atom. The van der Waals surface area contributed by atoms with Gasteiger partial charge in [0.2, 0.25) is 0 Å². The predicted octanol–water partition coefficient (Wildman–Crippen LogP) is 3.33. The van der Waals surface area contributed by atoms with Crippen molar-refractivity contribution in [3.8, 4) is 0 Å². The highest BCUT2D eigenvalue weighted by atomic mass is 16.1. The van der Waals surface area contributed by atoms with Crippen LogP contribution in [0.1, 0.15) is 35.7 Å². The van der Waals surface area contributed by atoms with Crippen LogP contribution in [0, 0.1) is 0 Å². The molecule has 0 unspecified atom stereocenters. The minimum atomic E-state index is -0.174. The fraction of sp³-hybridized carbons (Fsp3) is 0.188. The van der Waals surface area contributed by atoms with Gasteiger partial charge >= 0.3 is 0 Å². The maximum absolute atomic E-state index is 12.4. The van der Waals surface area contributed by atoms with E-state index in [1.807, 2.05) is 24.3 Å². The van der Waals surface area contributed by atoms with E-state index in [4.69, 9.17) is 0 Å². The summed E-state index contributed by atoms with van der Waals surface area (Å²) in [5.74, 6) is 0.168. The first-order chi connectivity index (χ1) is 10.1. The van der Waals surface area contributed by atoms with Crippen molar-refractivity contribution >= 4 is 22.8 Å². The van der Waals surface area contributed by atoms with E-state index in [0.29, 0.717) is 17.1 Å². The zero-order valence-corrected chi connectivity index (χ0v) is 11.9. The van der Waals surface area contributed by atoms with Crippen LogP contribution in [0.2, 0.25) is 0 Å².